The molecule has 0 radical (unpaired) electrons. The number of rotatable bonds is 4. The van der Waals surface area contributed by atoms with Gasteiger partial charge in [-0.1, -0.05) is 36.4 Å². The van der Waals surface area contributed by atoms with Crippen LogP contribution in [0.15, 0.2) is 66.7 Å². The third kappa shape index (κ3) is 3.58. The number of amides is 1. The Morgan fingerprint density at radius 2 is 1.31 bits per heavy atom. The number of para-hydroxylation sites is 2. The zero-order chi connectivity index (χ0) is 22.1. The lowest BCUT2D eigenvalue weighted by Gasteiger charge is -2.36. The third-order valence-corrected chi connectivity index (χ3v) is 6.07. The standard InChI is InChI=1S/C26H25N3O3/c1-31-19-15-18(16-20(17-19)32-2)28-11-13-29(14-12-28)26(30)25-21-7-3-5-9-23(21)27-24-10-6-4-8-22(24)25/h3-10,15-17H,11-14H2,1-2H3. The zero-order valence-corrected chi connectivity index (χ0v) is 18.2. The van der Waals surface area contributed by atoms with Crippen LogP contribution in [0.2, 0.25) is 0 Å². The highest BCUT2D eigenvalue weighted by atomic mass is 16.5. The molecule has 32 heavy (non-hydrogen) atoms. The first-order valence-electron chi connectivity index (χ1n) is 10.7. The molecule has 0 atom stereocenters. The Balaban J connectivity index is 1.43. The van der Waals surface area contributed by atoms with Crippen molar-refractivity contribution in [2.45, 2.75) is 0 Å². The minimum atomic E-state index is 0.0580. The summed E-state index contributed by atoms with van der Waals surface area (Å²) in [6.45, 7) is 2.76. The summed E-state index contributed by atoms with van der Waals surface area (Å²) in [5, 5.41) is 1.80. The minimum absolute atomic E-state index is 0.0580. The predicted molar refractivity (Wildman–Crippen MR) is 127 cm³/mol. The van der Waals surface area contributed by atoms with Crippen molar-refractivity contribution in [3.8, 4) is 11.5 Å². The second-order valence-electron chi connectivity index (χ2n) is 7.87. The Morgan fingerprint density at radius 3 is 1.84 bits per heavy atom. The Bertz CT molecular complexity index is 1220. The van der Waals surface area contributed by atoms with Crippen LogP contribution in [0.1, 0.15) is 10.4 Å². The van der Waals surface area contributed by atoms with E-state index >= 15 is 0 Å². The van der Waals surface area contributed by atoms with Crippen LogP contribution >= 0.6 is 0 Å². The summed E-state index contributed by atoms with van der Waals surface area (Å²) in [7, 11) is 3.30. The monoisotopic (exact) mass is 427 g/mol. The van der Waals surface area contributed by atoms with Gasteiger partial charge in [0.2, 0.25) is 0 Å². The number of fused-ring (bicyclic) bond motifs is 2. The summed E-state index contributed by atoms with van der Waals surface area (Å²) in [5.41, 5.74) is 3.46. The van der Waals surface area contributed by atoms with Crippen LogP contribution in [0, 0.1) is 0 Å². The fourth-order valence-electron chi connectivity index (χ4n) is 4.37. The molecule has 1 saturated heterocycles. The molecule has 0 N–H and O–H groups in total. The van der Waals surface area contributed by atoms with E-state index in [2.05, 4.69) is 4.90 Å². The van der Waals surface area contributed by atoms with Gasteiger partial charge in [-0.3, -0.25) is 4.79 Å². The minimum Gasteiger partial charge on any atom is -0.497 e. The normalized spacial score (nSPS) is 14.1. The number of anilines is 1. The van der Waals surface area contributed by atoms with Gasteiger partial charge in [-0.2, -0.15) is 0 Å². The summed E-state index contributed by atoms with van der Waals surface area (Å²) in [5.74, 6) is 1.57. The number of ether oxygens (including phenoxy) is 2. The molecule has 0 aliphatic carbocycles. The van der Waals surface area contributed by atoms with Crippen LogP contribution in [0.3, 0.4) is 0 Å². The molecule has 2 heterocycles. The predicted octanol–water partition coefficient (Wildman–Crippen LogP) is 4.37. The topological polar surface area (TPSA) is 54.9 Å². The van der Waals surface area contributed by atoms with Crippen LogP contribution in [-0.2, 0) is 0 Å². The first kappa shape index (κ1) is 20.1. The molecule has 5 rings (SSSR count). The van der Waals surface area contributed by atoms with Crippen LogP contribution in [0.4, 0.5) is 5.69 Å². The number of pyridine rings is 1. The highest BCUT2D eigenvalue weighted by molar-refractivity contribution is 6.16. The van der Waals surface area contributed by atoms with Crippen LogP contribution < -0.4 is 14.4 Å². The first-order chi connectivity index (χ1) is 15.7. The highest BCUT2D eigenvalue weighted by Crippen LogP contribution is 2.30. The summed E-state index contributed by atoms with van der Waals surface area (Å²) in [6, 6.07) is 21.6. The van der Waals surface area contributed by atoms with Gasteiger partial charge in [-0.05, 0) is 12.1 Å². The third-order valence-electron chi connectivity index (χ3n) is 6.07. The highest BCUT2D eigenvalue weighted by Gasteiger charge is 2.26. The molecule has 0 unspecified atom stereocenters. The molecular formula is C26H25N3O3. The van der Waals surface area contributed by atoms with Gasteiger partial charge in [0.1, 0.15) is 11.5 Å². The Kier molecular flexibility index (Phi) is 5.27. The van der Waals surface area contributed by atoms with Crippen molar-refractivity contribution in [1.29, 1.82) is 0 Å². The van der Waals surface area contributed by atoms with Crippen LogP contribution in [-0.4, -0.2) is 56.2 Å². The Morgan fingerprint density at radius 1 is 0.781 bits per heavy atom. The SMILES string of the molecule is COc1cc(OC)cc(N2CCN(C(=O)c3c4ccccc4nc4ccccc34)CC2)c1. The Hall–Kier alpha value is -3.80. The summed E-state index contributed by atoms with van der Waals surface area (Å²) in [6.07, 6.45) is 0. The van der Waals surface area contributed by atoms with E-state index in [4.69, 9.17) is 14.5 Å². The number of methoxy groups -OCH3 is 2. The number of carbonyl (C=O) groups excluding carboxylic acids is 1. The van der Waals surface area contributed by atoms with Crippen LogP contribution in [0.25, 0.3) is 21.8 Å². The number of carbonyl (C=O) groups is 1. The van der Waals surface area contributed by atoms with Gasteiger partial charge >= 0.3 is 0 Å². The van der Waals surface area contributed by atoms with Crippen molar-refractivity contribution in [3.05, 3.63) is 72.3 Å². The maximum absolute atomic E-state index is 13.7. The number of aromatic nitrogens is 1. The number of nitrogens with zero attached hydrogens (tertiary/aromatic N) is 3. The number of benzene rings is 3. The molecule has 1 aliphatic heterocycles. The van der Waals surface area contributed by atoms with E-state index < -0.39 is 0 Å². The molecule has 3 aromatic carbocycles. The zero-order valence-electron chi connectivity index (χ0n) is 18.2. The van der Waals surface area contributed by atoms with E-state index in [-0.39, 0.29) is 5.91 Å². The molecule has 4 aromatic rings. The second kappa shape index (κ2) is 8.38. The van der Waals surface area contributed by atoms with Crippen LogP contribution in [0.5, 0.6) is 11.5 Å². The van der Waals surface area contributed by atoms with Gasteiger partial charge < -0.3 is 19.3 Å². The molecule has 6 nitrogen and oxygen atoms in total. The maximum Gasteiger partial charge on any atom is 0.255 e. The van der Waals surface area contributed by atoms with Crippen molar-refractivity contribution in [3.63, 3.8) is 0 Å². The van der Waals surface area contributed by atoms with Crippen molar-refractivity contribution in [2.75, 3.05) is 45.3 Å². The van der Waals surface area contributed by atoms with Gasteiger partial charge in [-0.25, -0.2) is 4.98 Å². The molecule has 0 bridgehead atoms. The lowest BCUT2D eigenvalue weighted by atomic mass is 10.0. The smallest absolute Gasteiger partial charge is 0.255 e. The quantitative estimate of drug-likeness (QED) is 0.453. The van der Waals surface area contributed by atoms with Crippen molar-refractivity contribution in [1.82, 2.24) is 9.88 Å². The van der Waals surface area contributed by atoms with Crippen molar-refractivity contribution < 1.29 is 14.3 Å². The molecule has 1 aromatic heterocycles. The van der Waals surface area contributed by atoms with E-state index in [1.807, 2.05) is 71.6 Å². The van der Waals surface area contributed by atoms with E-state index in [0.717, 1.165) is 57.6 Å². The van der Waals surface area contributed by atoms with E-state index in [1.54, 1.807) is 14.2 Å². The number of piperazine rings is 1. The fraction of sp³-hybridized carbons (Fsp3) is 0.231. The number of hydrogen-bond donors (Lipinski definition) is 0. The largest absolute Gasteiger partial charge is 0.497 e. The average Bonchev–Trinajstić information content (AvgIpc) is 2.86. The van der Waals surface area contributed by atoms with Crippen molar-refractivity contribution in [2.24, 2.45) is 0 Å². The molecular weight excluding hydrogens is 402 g/mol. The molecule has 1 fully saturated rings. The van der Waals surface area contributed by atoms with E-state index in [1.165, 1.54) is 0 Å². The summed E-state index contributed by atoms with van der Waals surface area (Å²) >= 11 is 0. The molecule has 0 saturated carbocycles. The Labute approximate surface area is 187 Å². The van der Waals surface area contributed by atoms with Gasteiger partial charge in [0.15, 0.2) is 0 Å². The average molecular weight is 428 g/mol. The van der Waals surface area contributed by atoms with Gasteiger partial charge in [0.25, 0.3) is 5.91 Å². The lowest BCUT2D eigenvalue weighted by molar-refractivity contribution is 0.0750. The molecule has 0 spiro atoms. The molecule has 1 aliphatic rings. The van der Waals surface area contributed by atoms with Gasteiger partial charge in [0.05, 0.1) is 30.8 Å². The second-order valence-corrected chi connectivity index (χ2v) is 7.87. The fourth-order valence-corrected chi connectivity index (χ4v) is 4.37. The molecule has 6 heteroatoms. The molecule has 1 amide bonds. The molecule has 162 valence electrons. The van der Waals surface area contributed by atoms with Gasteiger partial charge in [-0.15, -0.1) is 0 Å². The maximum atomic E-state index is 13.7. The summed E-state index contributed by atoms with van der Waals surface area (Å²) in [4.78, 5) is 22.7. The van der Waals surface area contributed by atoms with E-state index in [9.17, 15) is 4.79 Å². The van der Waals surface area contributed by atoms with E-state index in [0.29, 0.717) is 13.1 Å². The number of hydrogen-bond acceptors (Lipinski definition) is 5. The lowest BCUT2D eigenvalue weighted by Crippen LogP contribution is -2.48. The van der Waals surface area contributed by atoms with Crippen molar-refractivity contribution >= 4 is 33.4 Å². The summed E-state index contributed by atoms with van der Waals surface area (Å²) < 4.78 is 10.8. The first-order valence-corrected chi connectivity index (χ1v) is 10.7. The van der Waals surface area contributed by atoms with Gasteiger partial charge in [0, 0.05) is 60.8 Å².